The molecule has 0 N–H and O–H groups in total. The van der Waals surface area contributed by atoms with Gasteiger partial charge in [-0.3, -0.25) is 14.4 Å². The molecule has 2 amide bonds. The summed E-state index contributed by atoms with van der Waals surface area (Å²) in [6.07, 6.45) is 2.26. The van der Waals surface area contributed by atoms with Crippen LogP contribution in [-0.4, -0.2) is 43.0 Å². The normalized spacial score (nSPS) is 18.9. The molecule has 0 aliphatic carbocycles. The van der Waals surface area contributed by atoms with Crippen molar-refractivity contribution < 1.29 is 18.7 Å². The first-order valence-electron chi connectivity index (χ1n) is 11.9. The first-order valence-corrected chi connectivity index (χ1v) is 11.9. The molecule has 3 heterocycles. The van der Waals surface area contributed by atoms with Crippen LogP contribution < -0.4 is 10.3 Å². The smallest absolute Gasteiger partial charge is 0.291 e. The molecule has 2 aliphatic rings. The van der Waals surface area contributed by atoms with E-state index in [4.69, 9.17) is 9.15 Å². The van der Waals surface area contributed by atoms with Crippen molar-refractivity contribution in [2.24, 2.45) is 0 Å². The highest BCUT2D eigenvalue weighted by Gasteiger charge is 2.64. The molecule has 0 bridgehead atoms. The average Bonchev–Trinajstić information content (AvgIpc) is 3.25. The number of carbonyl (C=O) groups is 2. The van der Waals surface area contributed by atoms with E-state index in [1.54, 1.807) is 29.2 Å². The summed E-state index contributed by atoms with van der Waals surface area (Å²) >= 11 is 0. The standard InChI is InChI=1S/C27H28N2O5/c1-3-5-15-28-20-13-8-7-12-19(20)27(26(28)32)22-23(30)18-11-6-9-14-21(18)34-24(22)25(31)29(27)16-10-17-33-4-2/h6-9,11-14H,3-5,10,15-17H2,1-2H3. The number of hydrogen-bond acceptors (Lipinski definition) is 5. The second-order valence-electron chi connectivity index (χ2n) is 8.68. The van der Waals surface area contributed by atoms with Crippen molar-refractivity contribution in [3.8, 4) is 0 Å². The molecular formula is C27H28N2O5. The van der Waals surface area contributed by atoms with E-state index in [2.05, 4.69) is 6.92 Å². The van der Waals surface area contributed by atoms with Gasteiger partial charge in [-0.05, 0) is 38.0 Å². The molecule has 2 aromatic carbocycles. The van der Waals surface area contributed by atoms with Crippen LogP contribution in [-0.2, 0) is 15.1 Å². The molecular weight excluding hydrogens is 432 g/mol. The fraction of sp³-hybridized carbons (Fsp3) is 0.370. The van der Waals surface area contributed by atoms with Gasteiger partial charge in [0.1, 0.15) is 5.58 Å². The Bertz CT molecular complexity index is 1330. The van der Waals surface area contributed by atoms with Crippen LogP contribution >= 0.6 is 0 Å². The SMILES string of the molecule is CCCCN1C(=O)C2(c3ccccc31)c1c(oc3ccccc3c1=O)C(=O)N2CCCOCC. The van der Waals surface area contributed by atoms with E-state index in [1.807, 2.05) is 31.2 Å². The highest BCUT2D eigenvalue weighted by atomic mass is 16.5. The minimum Gasteiger partial charge on any atom is -0.450 e. The van der Waals surface area contributed by atoms with Crippen LogP contribution in [0.3, 0.4) is 0 Å². The van der Waals surface area contributed by atoms with Crippen molar-refractivity contribution in [2.75, 3.05) is 31.2 Å². The lowest BCUT2D eigenvalue weighted by atomic mass is 9.84. The van der Waals surface area contributed by atoms with Crippen molar-refractivity contribution >= 4 is 28.5 Å². The van der Waals surface area contributed by atoms with Gasteiger partial charge in [0.15, 0.2) is 11.0 Å². The lowest BCUT2D eigenvalue weighted by Crippen LogP contribution is -2.53. The van der Waals surface area contributed by atoms with E-state index in [9.17, 15) is 14.4 Å². The second-order valence-corrected chi connectivity index (χ2v) is 8.68. The minimum atomic E-state index is -1.53. The van der Waals surface area contributed by atoms with Crippen LogP contribution in [0.5, 0.6) is 0 Å². The number of carbonyl (C=O) groups excluding carboxylic acids is 2. The van der Waals surface area contributed by atoms with Gasteiger partial charge in [-0.15, -0.1) is 0 Å². The Hall–Kier alpha value is -3.45. The molecule has 5 rings (SSSR count). The number of amides is 2. The van der Waals surface area contributed by atoms with Crippen molar-refractivity contribution in [3.63, 3.8) is 0 Å². The number of unbranched alkanes of at least 4 members (excludes halogenated alkanes) is 1. The fourth-order valence-corrected chi connectivity index (χ4v) is 5.24. The first kappa shape index (κ1) is 22.3. The number of fused-ring (bicyclic) bond motifs is 5. The Morgan fingerprint density at radius 1 is 0.941 bits per heavy atom. The number of nitrogens with zero attached hydrogens (tertiary/aromatic N) is 2. The maximum absolute atomic E-state index is 14.3. The molecule has 1 spiro atoms. The molecule has 7 nitrogen and oxygen atoms in total. The van der Waals surface area contributed by atoms with Crippen molar-refractivity contribution in [2.45, 2.75) is 38.6 Å². The van der Waals surface area contributed by atoms with Crippen LogP contribution in [0.4, 0.5) is 5.69 Å². The molecule has 7 heteroatoms. The second kappa shape index (κ2) is 8.72. The fourth-order valence-electron chi connectivity index (χ4n) is 5.24. The maximum Gasteiger partial charge on any atom is 0.291 e. The number of para-hydroxylation sites is 2. The predicted octanol–water partition coefficient (Wildman–Crippen LogP) is 4.07. The van der Waals surface area contributed by atoms with Gasteiger partial charge in [-0.25, -0.2) is 0 Å². The lowest BCUT2D eigenvalue weighted by Gasteiger charge is -2.34. The summed E-state index contributed by atoms with van der Waals surface area (Å²) in [4.78, 5) is 45.2. The van der Waals surface area contributed by atoms with Gasteiger partial charge in [0.05, 0.1) is 16.6 Å². The van der Waals surface area contributed by atoms with E-state index in [1.165, 1.54) is 4.90 Å². The first-order chi connectivity index (χ1) is 16.6. The number of anilines is 1. The van der Waals surface area contributed by atoms with Gasteiger partial charge in [0.25, 0.3) is 11.8 Å². The molecule has 0 fully saturated rings. The topological polar surface area (TPSA) is 80.1 Å². The number of ether oxygens (including phenoxy) is 1. The van der Waals surface area contributed by atoms with Gasteiger partial charge in [-0.1, -0.05) is 43.7 Å². The van der Waals surface area contributed by atoms with Crippen LogP contribution in [0.15, 0.2) is 57.7 Å². The van der Waals surface area contributed by atoms with E-state index in [0.29, 0.717) is 42.7 Å². The summed E-state index contributed by atoms with van der Waals surface area (Å²) in [5, 5.41) is 0.363. The van der Waals surface area contributed by atoms with Crippen molar-refractivity contribution in [1.29, 1.82) is 0 Å². The Morgan fingerprint density at radius 2 is 1.71 bits per heavy atom. The zero-order chi connectivity index (χ0) is 23.9. The third-order valence-electron chi connectivity index (χ3n) is 6.75. The maximum atomic E-state index is 14.3. The quantitative estimate of drug-likeness (QED) is 0.474. The summed E-state index contributed by atoms with van der Waals surface area (Å²) < 4.78 is 11.5. The summed E-state index contributed by atoms with van der Waals surface area (Å²) in [5.41, 5.74) is -0.00571. The van der Waals surface area contributed by atoms with Gasteiger partial charge < -0.3 is 19.0 Å². The van der Waals surface area contributed by atoms with E-state index < -0.39 is 11.4 Å². The molecule has 34 heavy (non-hydrogen) atoms. The van der Waals surface area contributed by atoms with Crippen LogP contribution in [0.25, 0.3) is 11.0 Å². The Labute approximate surface area is 197 Å². The Balaban J connectivity index is 1.78. The van der Waals surface area contributed by atoms with Gasteiger partial charge in [-0.2, -0.15) is 0 Å². The Kier molecular flexibility index (Phi) is 5.73. The number of benzene rings is 2. The molecule has 1 atom stereocenters. The minimum absolute atomic E-state index is 0.0411. The number of hydrogen-bond donors (Lipinski definition) is 0. The molecule has 3 aromatic rings. The average molecular weight is 461 g/mol. The molecule has 0 saturated heterocycles. The molecule has 2 aliphatic heterocycles. The van der Waals surface area contributed by atoms with Crippen molar-refractivity contribution in [3.05, 3.63) is 75.6 Å². The third-order valence-corrected chi connectivity index (χ3v) is 6.75. The largest absolute Gasteiger partial charge is 0.450 e. The van der Waals surface area contributed by atoms with Gasteiger partial charge >= 0.3 is 0 Å². The van der Waals surface area contributed by atoms with E-state index in [-0.39, 0.29) is 29.2 Å². The highest BCUT2D eigenvalue weighted by molar-refractivity contribution is 6.17. The summed E-state index contributed by atoms with van der Waals surface area (Å²) in [7, 11) is 0. The van der Waals surface area contributed by atoms with Crippen LogP contribution in [0.1, 0.15) is 54.8 Å². The highest BCUT2D eigenvalue weighted by Crippen LogP contribution is 2.52. The predicted molar refractivity (Wildman–Crippen MR) is 129 cm³/mol. The van der Waals surface area contributed by atoms with Crippen LogP contribution in [0.2, 0.25) is 0 Å². The molecule has 1 unspecified atom stereocenters. The molecule has 0 saturated carbocycles. The van der Waals surface area contributed by atoms with Gasteiger partial charge in [0.2, 0.25) is 5.76 Å². The van der Waals surface area contributed by atoms with E-state index in [0.717, 1.165) is 18.5 Å². The lowest BCUT2D eigenvalue weighted by molar-refractivity contribution is -0.126. The van der Waals surface area contributed by atoms with E-state index >= 15 is 0 Å². The zero-order valence-corrected chi connectivity index (χ0v) is 19.5. The zero-order valence-electron chi connectivity index (χ0n) is 19.5. The van der Waals surface area contributed by atoms with Crippen molar-refractivity contribution in [1.82, 2.24) is 4.90 Å². The van der Waals surface area contributed by atoms with Crippen LogP contribution in [0, 0.1) is 0 Å². The molecule has 1 aromatic heterocycles. The van der Waals surface area contributed by atoms with Gasteiger partial charge in [0, 0.05) is 31.9 Å². The summed E-state index contributed by atoms with van der Waals surface area (Å²) in [6.45, 7) is 5.78. The third kappa shape index (κ3) is 3.03. The Morgan fingerprint density at radius 3 is 2.50 bits per heavy atom. The summed E-state index contributed by atoms with van der Waals surface area (Å²) in [6, 6.07) is 14.3. The molecule has 176 valence electrons. The molecule has 0 radical (unpaired) electrons. The summed E-state index contributed by atoms with van der Waals surface area (Å²) in [5.74, 6) is -0.747. The number of rotatable bonds is 8. The monoisotopic (exact) mass is 460 g/mol.